The minimum Gasteiger partial charge on any atom is -0.497 e. The van der Waals surface area contributed by atoms with Crippen molar-refractivity contribution in [3.63, 3.8) is 0 Å². The number of thiophene rings is 2. The normalized spacial score (nSPS) is 11.3. The number of aromatic nitrogens is 4. The van der Waals surface area contributed by atoms with Gasteiger partial charge in [0.25, 0.3) is 0 Å². The van der Waals surface area contributed by atoms with Crippen LogP contribution in [0.3, 0.4) is 0 Å². The van der Waals surface area contributed by atoms with E-state index >= 15 is 0 Å². The van der Waals surface area contributed by atoms with E-state index in [-0.39, 0.29) is 0 Å². The number of hydrogen-bond donors (Lipinski definition) is 0. The maximum Gasteiger partial charge on any atom is 0.119 e. The highest BCUT2D eigenvalue weighted by Crippen LogP contribution is 2.57. The first-order valence-corrected chi connectivity index (χ1v) is 39.9. The molecule has 0 N–H and O–H groups in total. The molecular weight excluding hydrogens is 1440 g/mol. The van der Waals surface area contributed by atoms with E-state index in [2.05, 4.69) is 374 Å². The monoisotopic (exact) mass is 1510 g/mol. The number of methoxy groups -OCH3 is 2. The third-order valence-corrected chi connectivity index (χ3v) is 23.8. The molecule has 0 aliphatic rings. The second-order valence-electron chi connectivity index (χ2n) is 27.5. The number of rotatable bonds is 20. The molecule has 0 bridgehead atoms. The van der Waals surface area contributed by atoms with Gasteiger partial charge in [-0.15, -0.1) is 22.7 Å². The lowest BCUT2D eigenvalue weighted by atomic mass is 9.86. The number of anilines is 6. The fourth-order valence-corrected chi connectivity index (χ4v) is 18.9. The zero-order valence-electron chi connectivity index (χ0n) is 61.7. The van der Waals surface area contributed by atoms with Crippen molar-refractivity contribution in [2.24, 2.45) is 0 Å². The highest BCUT2D eigenvalue weighted by Gasteiger charge is 2.33. The predicted molar refractivity (Wildman–Crippen MR) is 474 cm³/mol. The smallest absolute Gasteiger partial charge is 0.119 e. The summed E-state index contributed by atoms with van der Waals surface area (Å²) < 4.78 is 22.6. The van der Waals surface area contributed by atoms with Gasteiger partial charge in [0.1, 0.15) is 43.6 Å². The Morgan fingerprint density at radius 1 is 0.248 bits per heavy atom. The van der Waals surface area contributed by atoms with Gasteiger partial charge in [-0.2, -0.15) is 8.75 Å². The van der Waals surface area contributed by atoms with Crippen molar-refractivity contribution in [3.8, 4) is 54.9 Å². The van der Waals surface area contributed by atoms with Crippen molar-refractivity contribution in [1.29, 1.82) is 0 Å². The van der Waals surface area contributed by atoms with Crippen LogP contribution in [0.2, 0.25) is 0 Å². The fourth-order valence-electron chi connectivity index (χ4n) is 15.6. The quantitative estimate of drug-likeness (QED) is 0.0699. The molecule has 0 saturated heterocycles. The lowest BCUT2D eigenvalue weighted by Gasteiger charge is -2.25. The van der Waals surface area contributed by atoms with Crippen molar-refractivity contribution >= 4 is 133 Å². The first-order valence-electron chi connectivity index (χ1n) is 37.6. The standard InChI is InChI=1S/C102H70N6O2S3/c1-109-81-63-59-79(60-64-81)107(77-55-51-73(52-56-77)89(71-39-19-7-20-40-71)87(67-31-11-3-12-32-67)68-33-13-4-14-34-68)101-85-49-29-27-47-83(85)99(111-101)91-95-96(104-94(76-45-25-10-26-46-76)93(103-95)75-43-23-9-24-44-75)92(98-97(91)105-113-106-98)100-84-48-28-30-50-86(84)102(112-100)108(80-61-65-82(110-2)66-62-80)78-57-53-74(54-58-78)90(72-41-21-8-22-42-72)88(69-35-15-5-16-36-69)70-37-17-6-18-38-70/h3-66H,1-2H3. The highest BCUT2D eigenvalue weighted by atomic mass is 32.1. The van der Waals surface area contributed by atoms with E-state index in [9.17, 15) is 0 Å². The molecule has 0 spiro atoms. The predicted octanol–water partition coefficient (Wildman–Crippen LogP) is 27.7. The van der Waals surface area contributed by atoms with E-state index in [0.29, 0.717) is 11.0 Å². The summed E-state index contributed by atoms with van der Waals surface area (Å²) in [6.07, 6.45) is 0. The molecule has 4 aromatic heterocycles. The van der Waals surface area contributed by atoms with E-state index in [1.807, 2.05) is 24.3 Å². The van der Waals surface area contributed by atoms with Crippen LogP contribution in [0.4, 0.5) is 32.8 Å². The second kappa shape index (κ2) is 30.8. The van der Waals surface area contributed by atoms with Gasteiger partial charge < -0.3 is 19.3 Å². The summed E-state index contributed by atoms with van der Waals surface area (Å²) in [5.74, 6) is 1.52. The average Bonchev–Trinajstić information content (AvgIpc) is 1.57. The Balaban J connectivity index is 0.835. The maximum atomic E-state index is 6.08. The first kappa shape index (κ1) is 69.5. The largest absolute Gasteiger partial charge is 0.497 e. The highest BCUT2D eigenvalue weighted by molar-refractivity contribution is 7.22. The molecule has 538 valence electrons. The van der Waals surface area contributed by atoms with Gasteiger partial charge in [-0.3, -0.25) is 0 Å². The number of ether oxygens (including phenoxy) is 2. The maximum absolute atomic E-state index is 6.08. The van der Waals surface area contributed by atoms with Crippen LogP contribution in [0.15, 0.2) is 388 Å². The van der Waals surface area contributed by atoms with Crippen molar-refractivity contribution < 1.29 is 9.47 Å². The topological polar surface area (TPSA) is 76.5 Å². The van der Waals surface area contributed by atoms with Crippen LogP contribution < -0.4 is 19.3 Å². The summed E-state index contributed by atoms with van der Waals surface area (Å²) in [6.45, 7) is 0. The van der Waals surface area contributed by atoms with Crippen molar-refractivity contribution in [3.05, 3.63) is 433 Å². The van der Waals surface area contributed by atoms with Crippen LogP contribution in [0.25, 0.3) is 109 Å². The SMILES string of the molecule is COc1ccc(N(c2ccc(C(=C(c3ccccc3)c3ccccc3)c3ccccc3)cc2)c2sc(-c3c4nsnc4c(-c4sc(N(c5ccc(OC)cc5)c5ccc(C(=C(c6ccccc6)c6ccccc6)c6ccccc6)cc5)c5ccccc45)c4nc(-c5ccccc5)c(-c5ccccc5)nc34)c3ccccc23)cc1. The minimum absolute atomic E-state index is 0.708. The number of fused-ring (bicyclic) bond motifs is 4. The zero-order valence-corrected chi connectivity index (χ0v) is 64.1. The minimum atomic E-state index is 0.708. The third kappa shape index (κ3) is 13.2. The Morgan fingerprint density at radius 2 is 0.487 bits per heavy atom. The molecule has 15 aromatic carbocycles. The molecule has 113 heavy (non-hydrogen) atoms. The van der Waals surface area contributed by atoms with Gasteiger partial charge in [0.15, 0.2) is 0 Å². The number of benzene rings is 15. The molecular formula is C102H70N6O2S3. The number of nitrogens with zero attached hydrogens (tertiary/aromatic N) is 6. The molecule has 0 fully saturated rings. The molecule has 0 atom stereocenters. The lowest BCUT2D eigenvalue weighted by molar-refractivity contribution is 0.414. The van der Waals surface area contributed by atoms with E-state index in [1.165, 1.54) is 11.7 Å². The Hall–Kier alpha value is -13.9. The van der Waals surface area contributed by atoms with E-state index < -0.39 is 0 Å². The Kier molecular flexibility index (Phi) is 19.0. The summed E-state index contributed by atoms with van der Waals surface area (Å²) >= 11 is 4.67. The van der Waals surface area contributed by atoms with E-state index in [4.69, 9.17) is 28.2 Å². The second-order valence-corrected chi connectivity index (χ2v) is 30.0. The summed E-state index contributed by atoms with van der Waals surface area (Å²) in [5.41, 5.74) is 25.3. The van der Waals surface area contributed by atoms with Crippen LogP contribution >= 0.6 is 34.4 Å². The molecule has 0 aliphatic heterocycles. The Morgan fingerprint density at radius 3 is 0.761 bits per heavy atom. The van der Waals surface area contributed by atoms with E-state index in [1.54, 1.807) is 36.9 Å². The molecule has 11 heteroatoms. The molecule has 19 aromatic rings. The molecule has 8 nitrogen and oxygen atoms in total. The van der Waals surface area contributed by atoms with Gasteiger partial charge in [-0.25, -0.2) is 9.97 Å². The molecule has 0 unspecified atom stereocenters. The molecule has 4 heterocycles. The molecule has 0 radical (unpaired) electrons. The van der Waals surface area contributed by atoms with Crippen molar-refractivity contribution in [2.45, 2.75) is 0 Å². The summed E-state index contributed by atoms with van der Waals surface area (Å²) in [4.78, 5) is 18.9. The molecule has 0 aliphatic carbocycles. The van der Waals surface area contributed by atoms with Crippen LogP contribution in [-0.4, -0.2) is 32.9 Å². The Bertz CT molecular complexity index is 6200. The molecule has 0 amide bonds. The average molecular weight is 1510 g/mol. The fraction of sp³-hybridized carbons (Fsp3) is 0.0196. The van der Waals surface area contributed by atoms with Gasteiger partial charge in [-0.05, 0) is 140 Å². The third-order valence-electron chi connectivity index (χ3n) is 20.9. The summed E-state index contributed by atoms with van der Waals surface area (Å²) in [5, 5.41) is 6.21. The molecule has 0 saturated carbocycles. The van der Waals surface area contributed by atoms with Crippen LogP contribution in [0, 0.1) is 0 Å². The summed E-state index contributed by atoms with van der Waals surface area (Å²) in [7, 11) is 3.43. The van der Waals surface area contributed by atoms with Gasteiger partial charge in [0, 0.05) is 76.3 Å². The van der Waals surface area contributed by atoms with Gasteiger partial charge in [0.2, 0.25) is 0 Å². The lowest BCUT2D eigenvalue weighted by Crippen LogP contribution is -2.09. The van der Waals surface area contributed by atoms with Crippen LogP contribution in [-0.2, 0) is 0 Å². The zero-order chi connectivity index (χ0) is 75.6. The van der Waals surface area contributed by atoms with E-state index in [0.717, 1.165) is 187 Å². The van der Waals surface area contributed by atoms with Crippen molar-refractivity contribution in [2.75, 3.05) is 24.0 Å². The van der Waals surface area contributed by atoms with Crippen molar-refractivity contribution in [1.82, 2.24) is 18.7 Å². The van der Waals surface area contributed by atoms with Crippen LogP contribution in [0.5, 0.6) is 11.5 Å². The Labute approximate surface area is 668 Å². The van der Waals surface area contributed by atoms with Crippen LogP contribution in [0.1, 0.15) is 44.5 Å². The summed E-state index contributed by atoms with van der Waals surface area (Å²) in [6, 6.07) is 138. The number of hydrogen-bond acceptors (Lipinski definition) is 11. The van der Waals surface area contributed by atoms with Gasteiger partial charge >= 0.3 is 0 Å². The molecule has 19 rings (SSSR count). The first-order chi connectivity index (χ1) is 56.0. The van der Waals surface area contributed by atoms with Gasteiger partial charge in [0.05, 0.1) is 37.3 Å². The van der Waals surface area contributed by atoms with Gasteiger partial charge in [-0.1, -0.05) is 315 Å².